The molecule has 0 atom stereocenters. The highest BCUT2D eigenvalue weighted by molar-refractivity contribution is 5.93. The number of piperazine rings is 1. The summed E-state index contributed by atoms with van der Waals surface area (Å²) in [6, 6.07) is 1.65. The van der Waals surface area contributed by atoms with Crippen molar-refractivity contribution in [3.63, 3.8) is 0 Å². The summed E-state index contributed by atoms with van der Waals surface area (Å²) in [6.07, 6.45) is 3.07. The van der Waals surface area contributed by atoms with Crippen LogP contribution in [0.3, 0.4) is 0 Å². The molecule has 1 aliphatic heterocycles. The number of nitrogens with zero attached hydrogens (tertiary/aromatic N) is 2. The van der Waals surface area contributed by atoms with E-state index < -0.39 is 5.97 Å². The quantitative estimate of drug-likeness (QED) is 0.892. The van der Waals surface area contributed by atoms with Crippen molar-refractivity contribution in [2.45, 2.75) is 6.42 Å². The van der Waals surface area contributed by atoms with E-state index >= 15 is 0 Å². The maximum atomic E-state index is 12.0. The third-order valence-electron chi connectivity index (χ3n) is 3.07. The zero-order valence-corrected chi connectivity index (χ0v) is 11.3. The number of carboxylic acid groups (broad SMARTS) is 1. The first kappa shape index (κ1) is 15.5. The number of halogens is 1. The first-order valence-corrected chi connectivity index (χ1v) is 5.92. The maximum absolute atomic E-state index is 12.0. The summed E-state index contributed by atoms with van der Waals surface area (Å²) in [4.78, 5) is 26.3. The molecule has 0 saturated carbocycles. The summed E-state index contributed by atoms with van der Waals surface area (Å²) >= 11 is 0. The van der Waals surface area contributed by atoms with E-state index in [1.54, 1.807) is 11.0 Å². The standard InChI is InChI=1S/C12H16N2O4.ClH/c15-11(16)1-3-13-4-6-14(7-5-13)12(17)10-2-8-18-9-10;/h2,8-9H,1,3-7H2,(H,15,16);1H. The van der Waals surface area contributed by atoms with Crippen LogP contribution in [0.2, 0.25) is 0 Å². The van der Waals surface area contributed by atoms with Crippen molar-refractivity contribution < 1.29 is 19.1 Å². The second-order valence-corrected chi connectivity index (χ2v) is 4.29. The zero-order valence-electron chi connectivity index (χ0n) is 10.4. The molecule has 1 aromatic heterocycles. The van der Waals surface area contributed by atoms with Gasteiger partial charge in [0.1, 0.15) is 6.26 Å². The molecule has 0 aliphatic carbocycles. The third-order valence-corrected chi connectivity index (χ3v) is 3.07. The summed E-state index contributed by atoms with van der Waals surface area (Å²) in [6.45, 7) is 3.24. The molecule has 1 amide bonds. The van der Waals surface area contributed by atoms with E-state index in [1.165, 1.54) is 12.5 Å². The minimum absolute atomic E-state index is 0. The Morgan fingerprint density at radius 3 is 2.47 bits per heavy atom. The molecule has 0 spiro atoms. The Morgan fingerprint density at radius 1 is 1.26 bits per heavy atom. The number of hydrogen-bond acceptors (Lipinski definition) is 4. The number of hydrogen-bond donors (Lipinski definition) is 1. The van der Waals surface area contributed by atoms with Crippen molar-refractivity contribution in [2.24, 2.45) is 0 Å². The molecule has 1 fully saturated rings. The van der Waals surface area contributed by atoms with Gasteiger partial charge in [-0.1, -0.05) is 0 Å². The largest absolute Gasteiger partial charge is 0.481 e. The molecule has 1 aliphatic rings. The fourth-order valence-electron chi connectivity index (χ4n) is 2.00. The number of rotatable bonds is 4. The number of carbonyl (C=O) groups excluding carboxylic acids is 1. The third kappa shape index (κ3) is 4.25. The van der Waals surface area contributed by atoms with Crippen molar-refractivity contribution >= 4 is 24.3 Å². The summed E-state index contributed by atoms with van der Waals surface area (Å²) in [5.41, 5.74) is 0.564. The van der Waals surface area contributed by atoms with Gasteiger partial charge >= 0.3 is 5.97 Å². The van der Waals surface area contributed by atoms with Gasteiger partial charge in [0.2, 0.25) is 0 Å². The molecule has 106 valence electrons. The van der Waals surface area contributed by atoms with Crippen LogP contribution in [-0.4, -0.2) is 59.5 Å². The molecule has 7 heteroatoms. The number of carbonyl (C=O) groups is 2. The van der Waals surface area contributed by atoms with Crippen LogP contribution in [0.1, 0.15) is 16.8 Å². The molecule has 1 N–H and O–H groups in total. The lowest BCUT2D eigenvalue weighted by atomic mass is 10.2. The van der Waals surface area contributed by atoms with Crippen LogP contribution in [-0.2, 0) is 4.79 Å². The first-order chi connectivity index (χ1) is 8.66. The number of carboxylic acids is 1. The number of amides is 1. The van der Waals surface area contributed by atoms with Gasteiger partial charge in [0.05, 0.1) is 18.2 Å². The molecular formula is C12H17ClN2O4. The molecule has 1 aromatic rings. The van der Waals surface area contributed by atoms with Gasteiger partial charge in [0.15, 0.2) is 0 Å². The van der Waals surface area contributed by atoms with Gasteiger partial charge in [0, 0.05) is 32.7 Å². The molecule has 1 saturated heterocycles. The van der Waals surface area contributed by atoms with Crippen molar-refractivity contribution in [3.05, 3.63) is 24.2 Å². The Morgan fingerprint density at radius 2 is 1.95 bits per heavy atom. The Labute approximate surface area is 117 Å². The monoisotopic (exact) mass is 288 g/mol. The number of aliphatic carboxylic acids is 1. The van der Waals surface area contributed by atoms with Crippen LogP contribution in [0.15, 0.2) is 23.0 Å². The SMILES string of the molecule is Cl.O=C(O)CCN1CCN(C(=O)c2ccoc2)CC1. The predicted molar refractivity (Wildman–Crippen MR) is 70.6 cm³/mol. The van der Waals surface area contributed by atoms with E-state index in [9.17, 15) is 9.59 Å². The predicted octanol–water partition coefficient (Wildman–Crippen LogP) is 0.934. The highest BCUT2D eigenvalue weighted by Crippen LogP contribution is 2.09. The lowest BCUT2D eigenvalue weighted by Crippen LogP contribution is -2.49. The van der Waals surface area contributed by atoms with Gasteiger partial charge in [-0.15, -0.1) is 12.4 Å². The maximum Gasteiger partial charge on any atom is 0.304 e. The van der Waals surface area contributed by atoms with Crippen LogP contribution in [0.4, 0.5) is 0 Å². The fourth-order valence-corrected chi connectivity index (χ4v) is 2.00. The first-order valence-electron chi connectivity index (χ1n) is 5.92. The summed E-state index contributed by atoms with van der Waals surface area (Å²) in [7, 11) is 0. The fraction of sp³-hybridized carbons (Fsp3) is 0.500. The van der Waals surface area contributed by atoms with Gasteiger partial charge in [-0.3, -0.25) is 14.5 Å². The second kappa shape index (κ2) is 7.16. The smallest absolute Gasteiger partial charge is 0.304 e. The van der Waals surface area contributed by atoms with E-state index in [2.05, 4.69) is 4.90 Å². The van der Waals surface area contributed by atoms with Crippen LogP contribution in [0.25, 0.3) is 0 Å². The van der Waals surface area contributed by atoms with E-state index in [4.69, 9.17) is 9.52 Å². The van der Waals surface area contributed by atoms with Crippen LogP contribution >= 0.6 is 12.4 Å². The van der Waals surface area contributed by atoms with Gasteiger partial charge < -0.3 is 14.4 Å². The molecule has 2 heterocycles. The van der Waals surface area contributed by atoms with Gasteiger partial charge in [-0.25, -0.2) is 0 Å². The lowest BCUT2D eigenvalue weighted by molar-refractivity contribution is -0.137. The van der Waals surface area contributed by atoms with Gasteiger partial charge in [0.25, 0.3) is 5.91 Å². The Balaban J connectivity index is 0.00000180. The minimum atomic E-state index is -0.785. The summed E-state index contributed by atoms with van der Waals surface area (Å²) in [5.74, 6) is -0.812. The van der Waals surface area contributed by atoms with Crippen molar-refractivity contribution in [3.8, 4) is 0 Å². The highest BCUT2D eigenvalue weighted by atomic mass is 35.5. The molecule has 2 rings (SSSR count). The Hall–Kier alpha value is -1.53. The average molecular weight is 289 g/mol. The van der Waals surface area contributed by atoms with Gasteiger partial charge in [-0.05, 0) is 6.07 Å². The molecule has 0 unspecified atom stereocenters. The van der Waals surface area contributed by atoms with Crippen molar-refractivity contribution in [1.29, 1.82) is 0 Å². The Bertz CT molecular complexity index is 413. The van der Waals surface area contributed by atoms with E-state index in [-0.39, 0.29) is 24.7 Å². The normalized spacial score (nSPS) is 15.9. The summed E-state index contributed by atoms with van der Waals surface area (Å²) < 4.78 is 4.89. The molecular weight excluding hydrogens is 272 g/mol. The van der Waals surface area contributed by atoms with Crippen LogP contribution in [0.5, 0.6) is 0 Å². The second-order valence-electron chi connectivity index (χ2n) is 4.29. The lowest BCUT2D eigenvalue weighted by Gasteiger charge is -2.34. The highest BCUT2D eigenvalue weighted by Gasteiger charge is 2.22. The van der Waals surface area contributed by atoms with Gasteiger partial charge in [-0.2, -0.15) is 0 Å². The summed E-state index contributed by atoms with van der Waals surface area (Å²) in [5, 5.41) is 8.61. The van der Waals surface area contributed by atoms with E-state index in [0.29, 0.717) is 25.2 Å². The molecule has 19 heavy (non-hydrogen) atoms. The zero-order chi connectivity index (χ0) is 13.0. The van der Waals surface area contributed by atoms with E-state index in [0.717, 1.165) is 13.1 Å². The molecule has 0 bridgehead atoms. The average Bonchev–Trinajstić information content (AvgIpc) is 2.90. The molecule has 0 radical (unpaired) electrons. The van der Waals surface area contributed by atoms with Crippen molar-refractivity contribution in [1.82, 2.24) is 9.80 Å². The topological polar surface area (TPSA) is 74.0 Å². The molecule has 6 nitrogen and oxygen atoms in total. The Kier molecular flexibility index (Phi) is 5.85. The van der Waals surface area contributed by atoms with Crippen LogP contribution in [0, 0.1) is 0 Å². The molecule has 0 aromatic carbocycles. The van der Waals surface area contributed by atoms with Crippen molar-refractivity contribution in [2.75, 3.05) is 32.7 Å². The number of furan rings is 1. The van der Waals surface area contributed by atoms with Crippen LogP contribution < -0.4 is 0 Å². The van der Waals surface area contributed by atoms with E-state index in [1.807, 2.05) is 0 Å². The minimum Gasteiger partial charge on any atom is -0.481 e.